The van der Waals surface area contributed by atoms with Crippen LogP contribution in [-0.2, 0) is 29.8 Å². The number of carboxylic acid groups (broad SMARTS) is 3. The van der Waals surface area contributed by atoms with Crippen LogP contribution in [-0.4, -0.2) is 142 Å². The number of hydrogen-bond donors (Lipinski definition) is 12. The summed E-state index contributed by atoms with van der Waals surface area (Å²) >= 11 is 0. The van der Waals surface area contributed by atoms with Crippen molar-refractivity contribution in [2.45, 2.75) is 22.1 Å². The first-order chi connectivity index (χ1) is 33.5. The van der Waals surface area contributed by atoms with Gasteiger partial charge in [-0.1, -0.05) is 6.07 Å². The fourth-order valence-corrected chi connectivity index (χ4v) is 7.73. The molecule has 6 rings (SSSR count). The third-order valence-electron chi connectivity index (χ3n) is 9.30. The van der Waals surface area contributed by atoms with Crippen LogP contribution in [0.15, 0.2) is 96.0 Å². The minimum atomic E-state index is -5.53. The molecule has 1 atom stereocenters. The Labute approximate surface area is 397 Å². The average molecular weight is 1030 g/mol. The van der Waals surface area contributed by atoms with Crippen molar-refractivity contribution in [3.05, 3.63) is 83.9 Å². The van der Waals surface area contributed by atoms with Gasteiger partial charge < -0.3 is 55.1 Å². The molecular weight excluding hydrogens is 993 g/mol. The molecule has 29 nitrogen and oxygen atoms in total. The lowest BCUT2D eigenvalue weighted by molar-refractivity contribution is -0.139. The number of phenols is 1. The normalized spacial score (nSPS) is 14.0. The van der Waals surface area contributed by atoms with E-state index in [1.165, 1.54) is 0 Å². The van der Waals surface area contributed by atoms with E-state index in [2.05, 4.69) is 48.5 Å². The fraction of sp³-hybridized carbons (Fsp3) is 0.175. The minimum absolute atomic E-state index is 0.162. The highest BCUT2D eigenvalue weighted by molar-refractivity contribution is 7.86. The SMILES string of the molecule is O=C(O)COc1cc(C(=O)O)ccc1N=Nc1cc(OCCO)c(NNc2c(S(=O)(=O)O)cc3c(S(=O)(=O)O)c(N=NC4C(=O)N(c5c#cc(C(=O)O)cc5)N=C4C(O)O)ccc3c2O)cc1OCCO. The molecule has 5 aromatic carbocycles. The second-order valence-corrected chi connectivity index (χ2v) is 16.7. The van der Waals surface area contributed by atoms with E-state index >= 15 is 0 Å². The molecule has 0 bridgehead atoms. The molecule has 0 radical (unpaired) electrons. The van der Waals surface area contributed by atoms with E-state index in [9.17, 15) is 75.8 Å². The lowest BCUT2D eigenvalue weighted by Crippen LogP contribution is -2.34. The Bertz CT molecular complexity index is 3260. The summed E-state index contributed by atoms with van der Waals surface area (Å²) in [7, 11) is -11.0. The quantitative estimate of drug-likeness (QED) is 0.0155. The summed E-state index contributed by atoms with van der Waals surface area (Å²) in [5.41, 5.74) is 0.984. The van der Waals surface area contributed by atoms with Crippen molar-refractivity contribution in [2.24, 2.45) is 25.6 Å². The first kappa shape index (κ1) is 51.8. The number of hydrogen-bond acceptors (Lipinski definition) is 23. The molecule has 0 saturated heterocycles. The van der Waals surface area contributed by atoms with Crippen LogP contribution in [0, 0.1) is 12.1 Å². The molecule has 0 aliphatic carbocycles. The van der Waals surface area contributed by atoms with Gasteiger partial charge >= 0.3 is 17.9 Å². The minimum Gasteiger partial charge on any atom is -0.505 e. The Kier molecular flexibility index (Phi) is 15.6. The standard InChI is InChI=1S/C40H34N8O21S2/c49-9-11-67-28-16-26(29(68-12-10-50)15-25(28)43-41-23-7-3-19(39(57)58)13-27(23)69-17-31(51)52)44-45-32-30(70(61,62)63)14-22-21(35(32)53)6-8-24(36(22)71(64,65)66)42-46-33-34(40(59)60)47-48(37(33)54)20-4-1-18(2-5-20)38(55)56/h1,3-4,6-8,13-16,33,40,44-45,49-50,53,59-60H,9-12,17H2,(H,51,52)(H,55,56)(H,57,58)(H,61,62,63)(H,64,65,66). The predicted octanol–water partition coefficient (Wildman–Crippen LogP) is 2.26. The molecule has 1 aliphatic rings. The second kappa shape index (κ2) is 21.4. The Morgan fingerprint density at radius 1 is 0.746 bits per heavy atom. The van der Waals surface area contributed by atoms with Gasteiger partial charge in [-0.3, -0.25) is 24.8 Å². The Morgan fingerprint density at radius 3 is 2.00 bits per heavy atom. The van der Waals surface area contributed by atoms with Crippen LogP contribution in [0.4, 0.5) is 34.1 Å². The lowest BCUT2D eigenvalue weighted by Gasteiger charge is -2.20. The Hall–Kier alpha value is -8.61. The molecule has 12 N–H and O–H groups in total. The lowest BCUT2D eigenvalue weighted by atomic mass is 10.1. The van der Waals surface area contributed by atoms with Crippen molar-refractivity contribution in [2.75, 3.05) is 48.9 Å². The van der Waals surface area contributed by atoms with Crippen molar-refractivity contribution >= 4 is 94.7 Å². The highest BCUT2D eigenvalue weighted by Crippen LogP contribution is 2.45. The van der Waals surface area contributed by atoms with Crippen LogP contribution < -0.4 is 30.1 Å². The Morgan fingerprint density at radius 2 is 1.41 bits per heavy atom. The Balaban J connectivity index is 1.40. The largest absolute Gasteiger partial charge is 0.505 e. The van der Waals surface area contributed by atoms with Crippen molar-refractivity contribution in [1.82, 2.24) is 0 Å². The molecule has 1 amide bonds. The third kappa shape index (κ3) is 11.8. The molecule has 71 heavy (non-hydrogen) atoms. The number of hydrazine groups is 1. The number of nitrogens with one attached hydrogen (secondary N) is 2. The molecule has 1 unspecified atom stereocenters. The topological polar surface area (TPSA) is 456 Å². The number of nitrogens with zero attached hydrogens (tertiary/aromatic N) is 6. The first-order valence-corrected chi connectivity index (χ1v) is 22.4. The van der Waals surface area contributed by atoms with Gasteiger partial charge in [0.05, 0.1) is 24.5 Å². The summed E-state index contributed by atoms with van der Waals surface area (Å²) < 4.78 is 88.9. The van der Waals surface area contributed by atoms with Gasteiger partial charge in [0.25, 0.3) is 26.1 Å². The monoisotopic (exact) mass is 1030 g/mol. The van der Waals surface area contributed by atoms with Gasteiger partial charge in [0.1, 0.15) is 85.7 Å². The average Bonchev–Trinajstić information content (AvgIpc) is 3.65. The number of anilines is 3. The molecule has 5 aromatic rings. The van der Waals surface area contributed by atoms with Gasteiger partial charge in [-0.2, -0.15) is 37.2 Å². The van der Waals surface area contributed by atoms with E-state index in [0.29, 0.717) is 11.1 Å². The van der Waals surface area contributed by atoms with Crippen molar-refractivity contribution in [3.8, 4) is 23.0 Å². The van der Waals surface area contributed by atoms with E-state index in [4.69, 9.17) is 24.4 Å². The van der Waals surface area contributed by atoms with Crippen LogP contribution in [0.1, 0.15) is 20.7 Å². The second-order valence-electron chi connectivity index (χ2n) is 14.0. The third-order valence-corrected chi connectivity index (χ3v) is 11.1. The molecular formula is C40H34N8O21S2. The number of aromatic carboxylic acids is 2. The summed E-state index contributed by atoms with van der Waals surface area (Å²) in [6.07, 6.45) is -2.47. The maximum absolute atomic E-state index is 13.4. The van der Waals surface area contributed by atoms with Crippen LogP contribution in [0.25, 0.3) is 10.8 Å². The number of benzene rings is 4. The number of carbonyl (C=O) groups excluding carboxylic acids is 1. The summed E-state index contributed by atoms with van der Waals surface area (Å²) in [6.45, 7) is -2.79. The van der Waals surface area contributed by atoms with Gasteiger partial charge in [-0.15, -0.1) is 10.2 Å². The maximum atomic E-state index is 13.4. The number of hydrazone groups is 1. The summed E-state index contributed by atoms with van der Waals surface area (Å²) in [6, 6.07) is 12.5. The number of aromatic hydroxyl groups is 1. The maximum Gasteiger partial charge on any atom is 0.344 e. The number of carbonyl (C=O) groups is 4. The van der Waals surface area contributed by atoms with Crippen LogP contribution in [0.3, 0.4) is 0 Å². The summed E-state index contributed by atoms with van der Waals surface area (Å²) in [5.74, 6) is -7.14. The molecule has 0 saturated carbocycles. The summed E-state index contributed by atoms with van der Waals surface area (Å²) in [4.78, 5) is 44.8. The van der Waals surface area contributed by atoms with Gasteiger partial charge in [0.2, 0.25) is 0 Å². The molecule has 31 heteroatoms. The van der Waals surface area contributed by atoms with E-state index < -0.39 is 126 Å². The van der Waals surface area contributed by atoms with Crippen molar-refractivity contribution < 1.29 is 100 Å². The number of amides is 1. The number of phenolic OH excluding ortho intramolecular Hbond substituents is 1. The summed E-state index contributed by atoms with van der Waals surface area (Å²) in [5, 5.41) is 96.7. The molecule has 1 aliphatic heterocycles. The molecule has 0 aromatic heterocycles. The number of fused-ring (bicyclic) bond motifs is 1. The van der Waals surface area contributed by atoms with Crippen LogP contribution >= 0.6 is 0 Å². The fourth-order valence-electron chi connectivity index (χ4n) is 6.24. The zero-order valence-corrected chi connectivity index (χ0v) is 37.1. The van der Waals surface area contributed by atoms with E-state index in [1.54, 1.807) is 0 Å². The van der Waals surface area contributed by atoms with Crippen LogP contribution in [0.2, 0.25) is 0 Å². The van der Waals surface area contributed by atoms with Gasteiger partial charge in [0.15, 0.2) is 18.9 Å². The van der Waals surface area contributed by atoms with Crippen LogP contribution in [0.5, 0.6) is 23.0 Å². The number of azo groups is 2. The van der Waals surface area contributed by atoms with E-state index in [0.717, 1.165) is 54.6 Å². The molecule has 0 spiro atoms. The molecule has 0 fully saturated rings. The number of ether oxygens (including phenoxy) is 3. The van der Waals surface area contributed by atoms with Crippen molar-refractivity contribution in [3.63, 3.8) is 0 Å². The number of carboxylic acids is 3. The van der Waals surface area contributed by atoms with Gasteiger partial charge in [-0.05, 0) is 54.6 Å². The number of aliphatic hydroxyl groups is 4. The van der Waals surface area contributed by atoms with E-state index in [1.807, 2.05) is 0 Å². The zero-order chi connectivity index (χ0) is 51.9. The van der Waals surface area contributed by atoms with Gasteiger partial charge in [-0.25, -0.2) is 14.4 Å². The highest BCUT2D eigenvalue weighted by Gasteiger charge is 2.41. The van der Waals surface area contributed by atoms with Gasteiger partial charge in [0, 0.05) is 22.9 Å². The van der Waals surface area contributed by atoms with E-state index in [-0.39, 0.29) is 57.7 Å². The first-order valence-electron chi connectivity index (χ1n) is 19.5. The highest BCUT2D eigenvalue weighted by atomic mass is 32.2. The molecule has 1 heterocycles. The number of aliphatic carboxylic acids is 1. The predicted molar refractivity (Wildman–Crippen MR) is 237 cm³/mol. The van der Waals surface area contributed by atoms with Crippen molar-refractivity contribution in [1.29, 1.82) is 0 Å². The molecule has 372 valence electrons. The number of aliphatic hydroxyl groups excluding tert-OH is 3. The number of rotatable bonds is 22. The zero-order valence-electron chi connectivity index (χ0n) is 35.4. The smallest absolute Gasteiger partial charge is 0.344 e.